The molecule has 13 heteroatoms. The first kappa shape index (κ1) is 50.3. The molecule has 1 heterocycles. The summed E-state index contributed by atoms with van der Waals surface area (Å²) in [6, 6.07) is 14.6. The molecule has 1 saturated heterocycles. The van der Waals surface area contributed by atoms with E-state index in [4.69, 9.17) is 9.47 Å². The predicted molar refractivity (Wildman–Crippen MR) is 238 cm³/mol. The van der Waals surface area contributed by atoms with Gasteiger partial charge in [-0.1, -0.05) is 97.4 Å². The monoisotopic (exact) mass is 837 g/mol. The number of aliphatic hydroxyl groups is 1. The van der Waals surface area contributed by atoms with Crippen molar-refractivity contribution in [2.75, 3.05) is 47.2 Å². The van der Waals surface area contributed by atoms with Crippen LogP contribution in [0.1, 0.15) is 98.3 Å². The summed E-state index contributed by atoms with van der Waals surface area (Å²) in [6.45, 7) is 16.6. The van der Waals surface area contributed by atoms with Crippen molar-refractivity contribution in [3.63, 3.8) is 0 Å². The van der Waals surface area contributed by atoms with E-state index in [2.05, 4.69) is 22.9 Å². The lowest BCUT2D eigenvalue weighted by Gasteiger charge is -2.41. The average molecular weight is 837 g/mol. The Balaban J connectivity index is 1.76. The summed E-state index contributed by atoms with van der Waals surface area (Å²) in [7, 11) is 8.68. The van der Waals surface area contributed by atoms with Gasteiger partial charge in [-0.15, -0.1) is 0 Å². The Kier molecular flexibility index (Phi) is 20.0. The van der Waals surface area contributed by atoms with E-state index in [0.29, 0.717) is 25.1 Å². The second kappa shape index (κ2) is 23.8. The van der Waals surface area contributed by atoms with Gasteiger partial charge in [-0.05, 0) is 67.8 Å². The summed E-state index contributed by atoms with van der Waals surface area (Å²) in [5.41, 5.74) is 2.79. The number of carbonyl (C=O) groups excluding carboxylic acids is 4. The number of aliphatic hydroxyl groups excluding tert-OH is 1. The summed E-state index contributed by atoms with van der Waals surface area (Å²) in [4.78, 5) is 62.0. The maximum Gasteiger partial charge on any atom is 0.245 e. The van der Waals surface area contributed by atoms with Gasteiger partial charge in [-0.2, -0.15) is 0 Å². The van der Waals surface area contributed by atoms with Crippen LogP contribution in [-0.4, -0.2) is 128 Å². The van der Waals surface area contributed by atoms with Crippen LogP contribution in [0, 0.1) is 23.7 Å². The van der Waals surface area contributed by atoms with E-state index in [1.54, 1.807) is 44.9 Å². The molecule has 0 unspecified atom stereocenters. The fourth-order valence-electron chi connectivity index (χ4n) is 8.83. The molecular weight excluding hydrogens is 761 g/mol. The van der Waals surface area contributed by atoms with Gasteiger partial charge >= 0.3 is 0 Å². The van der Waals surface area contributed by atoms with Crippen LogP contribution in [0.5, 0.6) is 0 Å². The smallest absolute Gasteiger partial charge is 0.245 e. The fourth-order valence-corrected chi connectivity index (χ4v) is 8.83. The maximum atomic E-state index is 14.5. The molecular formula is C47H76N6O7. The number of hydrogen-bond donors (Lipinski definition) is 4. The van der Waals surface area contributed by atoms with Crippen LogP contribution in [0.4, 0.5) is 5.69 Å². The van der Waals surface area contributed by atoms with Gasteiger partial charge in [0.05, 0.1) is 54.8 Å². The standard InChI is InChI=1S/C47H76N6O7/c1-14-31(6)42(52(11)47(58)40(29(2)3)50-46(57)41(30(4)5)51(10)28-34-22-24-36(48-9)25-23-34)38(59-12)27-39(54)53-26-18-21-37(53)44(60-13)32(7)45(56)49-33(8)43(55)35-19-16-15-17-20-35/h15-17,19-20,22-25,29-33,37-38,40-44,48,55H,14,18,21,26-28H2,1-13H3,(H,49,56)(H,50,57)/t31-,32+,33+,37-,38+,40-,41-,42-,43+,44+/m0/s1. The van der Waals surface area contributed by atoms with Gasteiger partial charge in [0.15, 0.2) is 0 Å². The van der Waals surface area contributed by atoms with Gasteiger partial charge in [0, 0.05) is 47.1 Å². The summed E-state index contributed by atoms with van der Waals surface area (Å²) in [5, 5.41) is 20.1. The largest absolute Gasteiger partial charge is 0.388 e. The number of nitrogens with zero attached hydrogens (tertiary/aromatic N) is 3. The summed E-state index contributed by atoms with van der Waals surface area (Å²) in [5.74, 6) is -1.75. The third kappa shape index (κ3) is 13.0. The lowest BCUT2D eigenvalue weighted by atomic mass is 9.89. The van der Waals surface area contributed by atoms with E-state index in [0.717, 1.165) is 24.1 Å². The van der Waals surface area contributed by atoms with Crippen LogP contribution >= 0.6 is 0 Å². The molecule has 4 N–H and O–H groups in total. The Morgan fingerprint density at radius 2 is 1.50 bits per heavy atom. The molecule has 1 fully saturated rings. The second-order valence-electron chi connectivity index (χ2n) is 17.5. The molecule has 0 radical (unpaired) electrons. The second-order valence-corrected chi connectivity index (χ2v) is 17.5. The van der Waals surface area contributed by atoms with Crippen molar-refractivity contribution in [3.05, 3.63) is 65.7 Å². The van der Waals surface area contributed by atoms with Crippen LogP contribution in [0.2, 0.25) is 0 Å². The van der Waals surface area contributed by atoms with Crippen molar-refractivity contribution in [1.29, 1.82) is 0 Å². The van der Waals surface area contributed by atoms with Gasteiger partial charge < -0.3 is 40.3 Å². The lowest BCUT2D eigenvalue weighted by Crippen LogP contribution is -2.60. The first-order chi connectivity index (χ1) is 28.4. The highest BCUT2D eigenvalue weighted by Crippen LogP contribution is 2.30. The number of ether oxygens (including phenoxy) is 2. The molecule has 2 aromatic rings. The summed E-state index contributed by atoms with van der Waals surface area (Å²) < 4.78 is 12.0. The number of likely N-dealkylation sites (tertiary alicyclic amines) is 1. The zero-order chi connectivity index (χ0) is 44.8. The number of amides is 4. The highest BCUT2D eigenvalue weighted by molar-refractivity contribution is 5.90. The minimum absolute atomic E-state index is 0.0190. The lowest BCUT2D eigenvalue weighted by molar-refractivity contribution is -0.148. The SMILES string of the molecule is CC[C@H](C)[C@@H]([C@@H](CC(=O)N1CCC[C@H]1[C@H](OC)[C@@H](C)C(=O)N[C@H](C)[C@@H](O)c1ccccc1)OC)N(C)C(=O)[C@@H](NC(=O)[C@H](C(C)C)N(C)Cc1ccc(NC)cc1)C(C)C. The molecule has 2 aromatic carbocycles. The topological polar surface area (TPSA) is 153 Å². The molecule has 1 aliphatic heterocycles. The normalized spacial score (nSPS) is 18.9. The number of carbonyl (C=O) groups is 4. The van der Waals surface area contributed by atoms with Crippen LogP contribution < -0.4 is 16.0 Å². The zero-order valence-corrected chi connectivity index (χ0v) is 38.6. The van der Waals surface area contributed by atoms with Crippen LogP contribution in [0.15, 0.2) is 54.6 Å². The van der Waals surface area contributed by atoms with Gasteiger partial charge in [-0.3, -0.25) is 24.1 Å². The van der Waals surface area contributed by atoms with Gasteiger partial charge in [0.25, 0.3) is 0 Å². The van der Waals surface area contributed by atoms with Gasteiger partial charge in [0.2, 0.25) is 23.6 Å². The number of hydrogen-bond acceptors (Lipinski definition) is 9. The van der Waals surface area contributed by atoms with Crippen molar-refractivity contribution < 1.29 is 33.8 Å². The number of likely N-dealkylation sites (N-methyl/N-ethyl adjacent to an activating group) is 2. The van der Waals surface area contributed by atoms with E-state index in [1.807, 2.05) is 108 Å². The number of rotatable bonds is 23. The highest BCUT2D eigenvalue weighted by atomic mass is 16.5. The van der Waals surface area contributed by atoms with E-state index in [9.17, 15) is 24.3 Å². The third-order valence-corrected chi connectivity index (χ3v) is 12.5. The average Bonchev–Trinajstić information content (AvgIpc) is 3.72. The molecule has 336 valence electrons. The molecule has 13 nitrogen and oxygen atoms in total. The third-order valence-electron chi connectivity index (χ3n) is 12.5. The summed E-state index contributed by atoms with van der Waals surface area (Å²) in [6.07, 6.45) is 0.0556. The van der Waals surface area contributed by atoms with Crippen molar-refractivity contribution in [2.45, 2.75) is 136 Å². The molecule has 0 bridgehead atoms. The number of methoxy groups -OCH3 is 2. The Bertz CT molecular complexity index is 1640. The molecule has 0 aromatic heterocycles. The zero-order valence-electron chi connectivity index (χ0n) is 38.6. The Morgan fingerprint density at radius 1 is 0.867 bits per heavy atom. The minimum atomic E-state index is -0.884. The van der Waals surface area contributed by atoms with Crippen molar-refractivity contribution >= 4 is 29.3 Å². The molecule has 0 aliphatic carbocycles. The van der Waals surface area contributed by atoms with E-state index >= 15 is 0 Å². The molecule has 3 rings (SSSR count). The van der Waals surface area contributed by atoms with Gasteiger partial charge in [-0.25, -0.2) is 0 Å². The van der Waals surface area contributed by atoms with Crippen molar-refractivity contribution in [1.82, 2.24) is 25.3 Å². The number of benzene rings is 2. The molecule has 0 spiro atoms. The molecule has 4 amide bonds. The summed E-state index contributed by atoms with van der Waals surface area (Å²) >= 11 is 0. The first-order valence-corrected chi connectivity index (χ1v) is 21.8. The Labute approximate surface area is 360 Å². The fraction of sp³-hybridized carbons (Fsp3) is 0.660. The van der Waals surface area contributed by atoms with E-state index < -0.39 is 48.4 Å². The van der Waals surface area contributed by atoms with Crippen molar-refractivity contribution in [2.24, 2.45) is 23.7 Å². The van der Waals surface area contributed by atoms with Crippen molar-refractivity contribution in [3.8, 4) is 0 Å². The number of nitrogens with one attached hydrogen (secondary N) is 3. The maximum absolute atomic E-state index is 14.5. The van der Waals surface area contributed by atoms with Crippen LogP contribution in [0.25, 0.3) is 0 Å². The van der Waals surface area contributed by atoms with Crippen LogP contribution in [-0.2, 0) is 35.2 Å². The molecule has 10 atom stereocenters. The van der Waals surface area contributed by atoms with E-state index in [-0.39, 0.29) is 53.8 Å². The first-order valence-electron chi connectivity index (χ1n) is 21.8. The quantitative estimate of drug-likeness (QED) is 0.114. The minimum Gasteiger partial charge on any atom is -0.388 e. The predicted octanol–water partition coefficient (Wildman–Crippen LogP) is 5.48. The molecule has 0 saturated carbocycles. The van der Waals surface area contributed by atoms with Crippen LogP contribution in [0.3, 0.4) is 0 Å². The highest BCUT2D eigenvalue weighted by Gasteiger charge is 2.43. The number of anilines is 1. The molecule has 1 aliphatic rings. The van der Waals surface area contributed by atoms with Gasteiger partial charge in [0.1, 0.15) is 6.04 Å². The Morgan fingerprint density at radius 3 is 2.03 bits per heavy atom. The molecule has 60 heavy (non-hydrogen) atoms. The van der Waals surface area contributed by atoms with E-state index in [1.165, 1.54) is 0 Å². The Hall–Kier alpha value is -4.04.